The Bertz CT molecular complexity index is 775. The highest BCUT2D eigenvalue weighted by Gasteiger charge is 2.23. The third kappa shape index (κ3) is 9.05. The number of nitrogens with one attached hydrogen (secondary N) is 1. The molecule has 1 amide bonds. The number of carbonyl (C=O) groups excluding carboxylic acids is 1. The molecule has 29 heavy (non-hydrogen) atoms. The minimum Gasteiger partial charge on any atom is -0.493 e. The second-order valence-electron chi connectivity index (χ2n) is 6.06. The number of amides is 1. The summed E-state index contributed by atoms with van der Waals surface area (Å²) >= 11 is 1.51. The van der Waals surface area contributed by atoms with E-state index in [1.165, 1.54) is 11.8 Å². The van der Waals surface area contributed by atoms with Crippen molar-refractivity contribution in [2.24, 2.45) is 0 Å². The van der Waals surface area contributed by atoms with Crippen LogP contribution in [0.2, 0.25) is 0 Å². The maximum absolute atomic E-state index is 12.6. The van der Waals surface area contributed by atoms with Gasteiger partial charge in [-0.15, -0.1) is 11.8 Å². The van der Waals surface area contributed by atoms with Crippen LogP contribution in [0.1, 0.15) is 19.4 Å². The van der Waals surface area contributed by atoms with E-state index in [0.717, 1.165) is 17.1 Å². The molecule has 0 radical (unpaired) electrons. The lowest BCUT2D eigenvalue weighted by molar-refractivity contribution is -0.113. The van der Waals surface area contributed by atoms with Crippen molar-refractivity contribution in [2.45, 2.75) is 20.0 Å². The quantitative estimate of drug-likeness (QED) is 0.343. The van der Waals surface area contributed by atoms with E-state index in [0.29, 0.717) is 31.3 Å². The highest BCUT2D eigenvalue weighted by molar-refractivity contribution is 7.99. The summed E-state index contributed by atoms with van der Waals surface area (Å²) in [7, 11) is -3.13. The molecule has 0 aliphatic heterocycles. The third-order valence-electron chi connectivity index (χ3n) is 3.74. The van der Waals surface area contributed by atoms with Crippen molar-refractivity contribution >= 4 is 31.0 Å². The van der Waals surface area contributed by atoms with Crippen LogP contribution in [0.5, 0.6) is 5.75 Å². The summed E-state index contributed by atoms with van der Waals surface area (Å²) in [6.45, 7) is 4.79. The van der Waals surface area contributed by atoms with Gasteiger partial charge in [-0.25, -0.2) is 0 Å². The van der Waals surface area contributed by atoms with Gasteiger partial charge in [0.15, 0.2) is 0 Å². The molecule has 0 saturated heterocycles. The average Bonchev–Trinajstić information content (AvgIpc) is 2.70. The lowest BCUT2D eigenvalue weighted by Crippen LogP contribution is -2.15. The number of para-hydroxylation sites is 1. The first-order valence-corrected chi connectivity index (χ1v) is 12.5. The molecular formula is C21H28NO5PS. The van der Waals surface area contributed by atoms with Crippen molar-refractivity contribution in [1.82, 2.24) is 0 Å². The molecule has 6 nitrogen and oxygen atoms in total. The topological polar surface area (TPSA) is 73.9 Å². The van der Waals surface area contributed by atoms with Crippen LogP contribution in [-0.4, -0.2) is 37.2 Å². The number of benzene rings is 2. The second kappa shape index (κ2) is 12.7. The number of hydrogen-bond acceptors (Lipinski definition) is 6. The molecule has 0 aliphatic carbocycles. The monoisotopic (exact) mass is 437 g/mol. The molecule has 2 aromatic carbocycles. The minimum atomic E-state index is -3.13. The fraction of sp³-hybridized carbons (Fsp3) is 0.381. The Kier molecular flexibility index (Phi) is 10.3. The Hall–Kier alpha value is -1.79. The standard InChI is InChI=1S/C21H28NO5PS/c1-3-26-28(24,27-4-2)16-18-10-12-19(13-11-18)22-21(23)17-29-15-14-25-20-8-6-5-7-9-20/h5-13H,3-4,14-17H2,1-2H3,(H,22,23). The molecule has 0 heterocycles. The van der Waals surface area contributed by atoms with Gasteiger partial charge in [0.25, 0.3) is 0 Å². The van der Waals surface area contributed by atoms with Gasteiger partial charge in [-0.2, -0.15) is 0 Å². The van der Waals surface area contributed by atoms with Crippen LogP contribution in [0, 0.1) is 0 Å². The van der Waals surface area contributed by atoms with Crippen molar-refractivity contribution < 1.29 is 23.1 Å². The second-order valence-corrected chi connectivity index (χ2v) is 9.22. The molecule has 0 unspecified atom stereocenters. The summed E-state index contributed by atoms with van der Waals surface area (Å²) in [6, 6.07) is 16.8. The molecule has 8 heteroatoms. The van der Waals surface area contributed by atoms with Crippen LogP contribution in [0.15, 0.2) is 54.6 Å². The summed E-state index contributed by atoms with van der Waals surface area (Å²) in [6.07, 6.45) is 0.209. The Labute approximate surface area is 176 Å². The van der Waals surface area contributed by atoms with E-state index in [4.69, 9.17) is 13.8 Å². The summed E-state index contributed by atoms with van der Waals surface area (Å²) in [5, 5.41) is 2.86. The van der Waals surface area contributed by atoms with Crippen LogP contribution < -0.4 is 10.1 Å². The molecule has 2 rings (SSSR count). The maximum Gasteiger partial charge on any atom is 0.335 e. The lowest BCUT2D eigenvalue weighted by atomic mass is 10.2. The van der Waals surface area contributed by atoms with E-state index < -0.39 is 7.60 Å². The van der Waals surface area contributed by atoms with Gasteiger partial charge in [0, 0.05) is 11.4 Å². The number of thioether (sulfide) groups is 1. The van der Waals surface area contributed by atoms with Gasteiger partial charge in [0.2, 0.25) is 5.91 Å². The van der Waals surface area contributed by atoms with Gasteiger partial charge in [-0.05, 0) is 43.7 Å². The molecule has 0 fully saturated rings. The molecule has 0 bridgehead atoms. The smallest absolute Gasteiger partial charge is 0.335 e. The number of hydrogen-bond donors (Lipinski definition) is 1. The summed E-state index contributed by atoms with van der Waals surface area (Å²) in [5.74, 6) is 1.84. The highest BCUT2D eigenvalue weighted by atomic mass is 32.2. The molecule has 0 aromatic heterocycles. The number of rotatable bonds is 13. The van der Waals surface area contributed by atoms with Crippen LogP contribution in [0.4, 0.5) is 5.69 Å². The van der Waals surface area contributed by atoms with Gasteiger partial charge < -0.3 is 19.1 Å². The molecule has 0 aliphatic rings. The Morgan fingerprint density at radius 1 is 1.00 bits per heavy atom. The fourth-order valence-electron chi connectivity index (χ4n) is 2.54. The van der Waals surface area contributed by atoms with Crippen LogP contribution in [-0.2, 0) is 24.6 Å². The molecule has 0 saturated carbocycles. The van der Waals surface area contributed by atoms with Gasteiger partial charge in [-0.3, -0.25) is 9.36 Å². The maximum atomic E-state index is 12.6. The first-order valence-electron chi connectivity index (χ1n) is 9.57. The van der Waals surface area contributed by atoms with Crippen molar-refractivity contribution in [3.8, 4) is 5.75 Å². The predicted octanol–water partition coefficient (Wildman–Crippen LogP) is 5.20. The summed E-state index contributed by atoms with van der Waals surface area (Å²) in [4.78, 5) is 12.1. The van der Waals surface area contributed by atoms with Crippen molar-refractivity contribution in [3.05, 3.63) is 60.2 Å². The van der Waals surface area contributed by atoms with Gasteiger partial charge in [0.1, 0.15) is 5.75 Å². The molecule has 2 aromatic rings. The number of anilines is 1. The van der Waals surface area contributed by atoms with E-state index in [1.807, 2.05) is 42.5 Å². The minimum absolute atomic E-state index is 0.0724. The van der Waals surface area contributed by atoms with Crippen LogP contribution in [0.3, 0.4) is 0 Å². The Morgan fingerprint density at radius 3 is 2.28 bits per heavy atom. The van der Waals surface area contributed by atoms with Crippen LogP contribution >= 0.6 is 19.4 Å². The number of ether oxygens (including phenoxy) is 1. The summed E-state index contributed by atoms with van der Waals surface area (Å²) in [5.41, 5.74) is 1.53. The zero-order chi connectivity index (χ0) is 21.0. The normalized spacial score (nSPS) is 11.2. The molecule has 158 valence electrons. The summed E-state index contributed by atoms with van der Waals surface area (Å²) < 4.78 is 28.8. The largest absolute Gasteiger partial charge is 0.493 e. The van der Waals surface area contributed by atoms with Crippen molar-refractivity contribution in [3.63, 3.8) is 0 Å². The van der Waals surface area contributed by atoms with Gasteiger partial charge in [0.05, 0.1) is 31.7 Å². The van der Waals surface area contributed by atoms with E-state index in [2.05, 4.69) is 5.32 Å². The third-order valence-corrected chi connectivity index (χ3v) is 6.72. The van der Waals surface area contributed by atoms with Crippen molar-refractivity contribution in [1.29, 1.82) is 0 Å². The first kappa shape index (κ1) is 23.5. The predicted molar refractivity (Wildman–Crippen MR) is 119 cm³/mol. The zero-order valence-corrected chi connectivity index (χ0v) is 18.5. The van der Waals surface area contributed by atoms with Crippen LogP contribution in [0.25, 0.3) is 0 Å². The Morgan fingerprint density at radius 2 is 1.66 bits per heavy atom. The average molecular weight is 437 g/mol. The SMILES string of the molecule is CCOP(=O)(Cc1ccc(NC(=O)CSCCOc2ccccc2)cc1)OCC. The van der Waals surface area contributed by atoms with E-state index in [1.54, 1.807) is 26.0 Å². The zero-order valence-electron chi connectivity index (χ0n) is 16.8. The Balaban J connectivity index is 1.71. The van der Waals surface area contributed by atoms with E-state index in [-0.39, 0.29) is 12.1 Å². The highest BCUT2D eigenvalue weighted by Crippen LogP contribution is 2.51. The van der Waals surface area contributed by atoms with Gasteiger partial charge in [-0.1, -0.05) is 30.3 Å². The van der Waals surface area contributed by atoms with E-state index >= 15 is 0 Å². The van der Waals surface area contributed by atoms with E-state index in [9.17, 15) is 9.36 Å². The lowest BCUT2D eigenvalue weighted by Gasteiger charge is -2.17. The molecular weight excluding hydrogens is 409 g/mol. The van der Waals surface area contributed by atoms with Gasteiger partial charge >= 0.3 is 7.60 Å². The first-order chi connectivity index (χ1) is 14.0. The molecule has 1 N–H and O–H groups in total. The molecule has 0 atom stereocenters. The number of carbonyl (C=O) groups is 1. The fourth-order valence-corrected chi connectivity index (χ4v) is 4.84. The molecule has 0 spiro atoms. The van der Waals surface area contributed by atoms with Crippen molar-refractivity contribution in [2.75, 3.05) is 36.6 Å².